The summed E-state index contributed by atoms with van der Waals surface area (Å²) in [5, 5.41) is 9.55. The maximum Gasteiger partial charge on any atom is 0.352 e. The number of hydrogen-bond acceptors (Lipinski definition) is 2. The van der Waals surface area contributed by atoms with E-state index >= 15 is 0 Å². The number of carbonyl (C=O) groups is 1. The monoisotopic (exact) mass is 291 g/mol. The van der Waals surface area contributed by atoms with Crippen molar-refractivity contribution in [1.29, 1.82) is 0 Å². The van der Waals surface area contributed by atoms with Crippen LogP contribution in [0.2, 0.25) is 0 Å². The Morgan fingerprint density at radius 1 is 1.05 bits per heavy atom. The van der Waals surface area contributed by atoms with E-state index in [1.54, 1.807) is 0 Å². The van der Waals surface area contributed by atoms with E-state index in [0.717, 1.165) is 28.1 Å². The Balaban J connectivity index is 2.01. The van der Waals surface area contributed by atoms with Gasteiger partial charge in [-0.05, 0) is 17.7 Å². The lowest BCUT2D eigenvalue weighted by atomic mass is 9.96. The van der Waals surface area contributed by atoms with Gasteiger partial charge in [-0.25, -0.2) is 4.79 Å². The van der Waals surface area contributed by atoms with Crippen LogP contribution in [0.3, 0.4) is 0 Å². The van der Waals surface area contributed by atoms with Gasteiger partial charge in [-0.15, -0.1) is 0 Å². The molecule has 22 heavy (non-hydrogen) atoms. The topological polar surface area (TPSA) is 62.3 Å². The first kappa shape index (κ1) is 12.7. The summed E-state index contributed by atoms with van der Waals surface area (Å²) in [6, 6.07) is 17.2. The van der Waals surface area contributed by atoms with E-state index in [-0.39, 0.29) is 5.69 Å². The molecule has 2 aromatic carbocycles. The summed E-state index contributed by atoms with van der Waals surface area (Å²) < 4.78 is 5.79. The summed E-state index contributed by atoms with van der Waals surface area (Å²) in [5.74, 6) is -0.196. The predicted octanol–water partition coefficient (Wildman–Crippen LogP) is 3.94. The van der Waals surface area contributed by atoms with Crippen LogP contribution < -0.4 is 4.74 Å². The number of benzene rings is 2. The third-order valence-electron chi connectivity index (χ3n) is 3.91. The van der Waals surface area contributed by atoms with Crippen LogP contribution in [0.25, 0.3) is 22.4 Å². The van der Waals surface area contributed by atoms with E-state index in [1.807, 2.05) is 54.6 Å². The van der Waals surface area contributed by atoms with Crippen LogP contribution in [0.4, 0.5) is 0 Å². The van der Waals surface area contributed by atoms with Crippen LogP contribution in [0, 0.1) is 0 Å². The van der Waals surface area contributed by atoms with Crippen molar-refractivity contribution in [3.63, 3.8) is 0 Å². The van der Waals surface area contributed by atoms with Crippen LogP contribution in [0.5, 0.6) is 5.75 Å². The molecule has 108 valence electrons. The van der Waals surface area contributed by atoms with E-state index < -0.39 is 5.97 Å². The van der Waals surface area contributed by atoms with Crippen molar-refractivity contribution < 1.29 is 14.6 Å². The summed E-state index contributed by atoms with van der Waals surface area (Å²) >= 11 is 0. The van der Waals surface area contributed by atoms with E-state index in [0.29, 0.717) is 12.2 Å². The van der Waals surface area contributed by atoms with Gasteiger partial charge in [-0.1, -0.05) is 42.5 Å². The number of H-pyrrole nitrogens is 1. The predicted molar refractivity (Wildman–Crippen MR) is 83.0 cm³/mol. The zero-order valence-electron chi connectivity index (χ0n) is 11.7. The number of carboxylic acids is 1. The molecule has 0 atom stereocenters. The molecule has 2 N–H and O–H groups in total. The van der Waals surface area contributed by atoms with Gasteiger partial charge in [0, 0.05) is 16.7 Å². The third-order valence-corrected chi connectivity index (χ3v) is 3.91. The standard InChI is InChI=1S/C18H13NO3/c20-18(21)17-15(11-6-2-1-3-7-11)13-10-22-14-9-5-4-8-12(14)16(13)19-17/h1-9,19H,10H2,(H,20,21). The Morgan fingerprint density at radius 2 is 1.77 bits per heavy atom. The van der Waals surface area contributed by atoms with Crippen molar-refractivity contribution in [1.82, 2.24) is 4.98 Å². The molecule has 1 aliphatic rings. The number of fused-ring (bicyclic) bond motifs is 3. The second kappa shape index (κ2) is 4.77. The summed E-state index contributed by atoms with van der Waals surface area (Å²) in [6.45, 7) is 0.361. The molecular formula is C18H13NO3. The molecule has 0 bridgehead atoms. The minimum Gasteiger partial charge on any atom is -0.488 e. The van der Waals surface area contributed by atoms with Gasteiger partial charge in [-0.2, -0.15) is 0 Å². The minimum absolute atomic E-state index is 0.205. The zero-order chi connectivity index (χ0) is 15.1. The molecule has 4 rings (SSSR count). The fourth-order valence-electron chi connectivity index (χ4n) is 2.95. The van der Waals surface area contributed by atoms with E-state index in [2.05, 4.69) is 4.98 Å². The molecule has 0 unspecified atom stereocenters. The van der Waals surface area contributed by atoms with Gasteiger partial charge in [0.2, 0.25) is 0 Å². The number of aromatic nitrogens is 1. The highest BCUT2D eigenvalue weighted by Gasteiger charge is 2.28. The number of carboxylic acid groups (broad SMARTS) is 1. The van der Waals surface area contributed by atoms with Gasteiger partial charge >= 0.3 is 5.97 Å². The normalized spacial score (nSPS) is 12.2. The molecule has 1 aromatic heterocycles. The Morgan fingerprint density at radius 3 is 2.55 bits per heavy atom. The van der Waals surface area contributed by atoms with Crippen molar-refractivity contribution in [2.75, 3.05) is 0 Å². The Hall–Kier alpha value is -3.01. The van der Waals surface area contributed by atoms with Crippen LogP contribution in [0.15, 0.2) is 54.6 Å². The van der Waals surface area contributed by atoms with Gasteiger partial charge in [0.15, 0.2) is 0 Å². The van der Waals surface area contributed by atoms with E-state index in [4.69, 9.17) is 4.74 Å². The fourth-order valence-corrected chi connectivity index (χ4v) is 2.95. The lowest BCUT2D eigenvalue weighted by Crippen LogP contribution is -2.05. The van der Waals surface area contributed by atoms with Crippen LogP contribution >= 0.6 is 0 Å². The molecule has 4 nitrogen and oxygen atoms in total. The lowest BCUT2D eigenvalue weighted by Gasteiger charge is -2.18. The Labute approximate surface area is 127 Å². The maximum absolute atomic E-state index is 11.7. The number of hydrogen-bond donors (Lipinski definition) is 2. The van der Waals surface area contributed by atoms with Gasteiger partial charge in [-0.3, -0.25) is 0 Å². The number of aromatic carboxylic acids is 1. The fraction of sp³-hybridized carbons (Fsp3) is 0.0556. The summed E-state index contributed by atoms with van der Waals surface area (Å²) in [7, 11) is 0. The van der Waals surface area contributed by atoms with Gasteiger partial charge in [0.05, 0.1) is 5.69 Å². The highest BCUT2D eigenvalue weighted by atomic mass is 16.5. The van der Waals surface area contributed by atoms with Crippen molar-refractivity contribution in [3.8, 4) is 28.1 Å². The second-order valence-corrected chi connectivity index (χ2v) is 5.18. The molecule has 1 aliphatic heterocycles. The number of nitrogens with one attached hydrogen (secondary N) is 1. The first-order chi connectivity index (χ1) is 10.8. The van der Waals surface area contributed by atoms with Crippen LogP contribution in [0.1, 0.15) is 16.1 Å². The first-order valence-electron chi connectivity index (χ1n) is 7.01. The third kappa shape index (κ3) is 1.81. The number of rotatable bonds is 2. The molecule has 0 fully saturated rings. The van der Waals surface area contributed by atoms with Crippen LogP contribution in [-0.4, -0.2) is 16.1 Å². The Kier molecular flexibility index (Phi) is 2.76. The smallest absolute Gasteiger partial charge is 0.352 e. The molecule has 0 saturated carbocycles. The van der Waals surface area contributed by atoms with Gasteiger partial charge in [0.25, 0.3) is 0 Å². The summed E-state index contributed by atoms with van der Waals surface area (Å²) in [6.07, 6.45) is 0. The molecular weight excluding hydrogens is 278 g/mol. The molecule has 3 aromatic rings. The number of aromatic amines is 1. The molecule has 0 spiro atoms. The van der Waals surface area contributed by atoms with Crippen molar-refractivity contribution in [2.45, 2.75) is 6.61 Å². The molecule has 0 amide bonds. The quantitative estimate of drug-likeness (QED) is 0.751. The van der Waals surface area contributed by atoms with Crippen molar-refractivity contribution in [3.05, 3.63) is 65.9 Å². The summed E-state index contributed by atoms with van der Waals surface area (Å²) in [5.41, 5.74) is 4.41. The van der Waals surface area contributed by atoms with Gasteiger partial charge < -0.3 is 14.8 Å². The molecule has 0 aliphatic carbocycles. The highest BCUT2D eigenvalue weighted by Crippen LogP contribution is 2.42. The van der Waals surface area contributed by atoms with Crippen molar-refractivity contribution in [2.24, 2.45) is 0 Å². The average molecular weight is 291 g/mol. The molecule has 4 heteroatoms. The lowest BCUT2D eigenvalue weighted by molar-refractivity contribution is 0.0692. The average Bonchev–Trinajstić information content (AvgIpc) is 2.96. The summed E-state index contributed by atoms with van der Waals surface area (Å²) in [4.78, 5) is 14.7. The van der Waals surface area contributed by atoms with E-state index in [1.165, 1.54) is 0 Å². The second-order valence-electron chi connectivity index (χ2n) is 5.18. The number of para-hydroxylation sites is 1. The number of ether oxygens (including phenoxy) is 1. The first-order valence-corrected chi connectivity index (χ1v) is 7.01. The minimum atomic E-state index is -0.967. The zero-order valence-corrected chi connectivity index (χ0v) is 11.7. The van der Waals surface area contributed by atoms with Crippen LogP contribution in [-0.2, 0) is 6.61 Å². The highest BCUT2D eigenvalue weighted by molar-refractivity contribution is 5.98. The van der Waals surface area contributed by atoms with E-state index in [9.17, 15) is 9.90 Å². The maximum atomic E-state index is 11.7. The molecule has 2 heterocycles. The SMILES string of the molecule is O=C(O)c1[nH]c2c(c1-c1ccccc1)COc1ccccc1-2. The van der Waals surface area contributed by atoms with Crippen molar-refractivity contribution >= 4 is 5.97 Å². The molecule has 0 radical (unpaired) electrons. The largest absolute Gasteiger partial charge is 0.488 e. The van der Waals surface area contributed by atoms with Gasteiger partial charge in [0.1, 0.15) is 18.1 Å². The Bertz CT molecular complexity index is 865. The molecule has 0 saturated heterocycles.